The number of hydrogen-bond acceptors (Lipinski definition) is 3. The van der Waals surface area contributed by atoms with E-state index in [2.05, 4.69) is 50.0 Å². The minimum atomic E-state index is 0.690. The molecule has 0 bridgehead atoms. The molecule has 1 rings (SSSR count). The van der Waals surface area contributed by atoms with Gasteiger partial charge >= 0.3 is 0 Å². The highest BCUT2D eigenvalue weighted by Crippen LogP contribution is 2.19. The fourth-order valence-electron chi connectivity index (χ4n) is 3.39. The standard InChI is InChI=1S/C17H37N3/c1-6-8-15(3)12-16(18-9-7-2)13-17-14-19(4)10-11-20(17)5/h15-18H,6-14H2,1-5H3. The first kappa shape index (κ1) is 17.9. The Hall–Kier alpha value is -0.120. The first-order valence-corrected chi connectivity index (χ1v) is 8.68. The lowest BCUT2D eigenvalue weighted by Crippen LogP contribution is -2.52. The monoisotopic (exact) mass is 283 g/mol. The summed E-state index contributed by atoms with van der Waals surface area (Å²) in [5, 5.41) is 3.80. The second-order valence-corrected chi connectivity index (χ2v) is 6.91. The molecule has 120 valence electrons. The highest BCUT2D eigenvalue weighted by molar-refractivity contribution is 4.84. The highest BCUT2D eigenvalue weighted by atomic mass is 15.3. The van der Waals surface area contributed by atoms with Crippen LogP contribution in [0.2, 0.25) is 0 Å². The van der Waals surface area contributed by atoms with Crippen LogP contribution in [0.3, 0.4) is 0 Å². The summed E-state index contributed by atoms with van der Waals surface area (Å²) in [5.41, 5.74) is 0. The Kier molecular flexibility index (Phi) is 8.74. The van der Waals surface area contributed by atoms with Crippen molar-refractivity contribution in [2.75, 3.05) is 40.3 Å². The summed E-state index contributed by atoms with van der Waals surface area (Å²) < 4.78 is 0. The Morgan fingerprint density at radius 2 is 1.90 bits per heavy atom. The summed E-state index contributed by atoms with van der Waals surface area (Å²) in [6, 6.07) is 1.41. The number of nitrogens with zero attached hydrogens (tertiary/aromatic N) is 2. The molecule has 1 N–H and O–H groups in total. The fourth-order valence-corrected chi connectivity index (χ4v) is 3.39. The SMILES string of the molecule is CCCNC(CC(C)CCC)CC1CN(C)CCN1C. The average molecular weight is 284 g/mol. The second kappa shape index (κ2) is 9.75. The van der Waals surface area contributed by atoms with Crippen LogP contribution in [0.4, 0.5) is 0 Å². The molecule has 3 heteroatoms. The number of piperazine rings is 1. The molecule has 3 nitrogen and oxygen atoms in total. The van der Waals surface area contributed by atoms with E-state index >= 15 is 0 Å². The number of hydrogen-bond donors (Lipinski definition) is 1. The molecule has 1 saturated heterocycles. The Bertz CT molecular complexity index is 244. The summed E-state index contributed by atoms with van der Waals surface area (Å²) in [6.45, 7) is 11.8. The zero-order chi connectivity index (χ0) is 15.0. The molecule has 0 amide bonds. The van der Waals surface area contributed by atoms with Crippen molar-refractivity contribution in [3.05, 3.63) is 0 Å². The van der Waals surface area contributed by atoms with E-state index in [4.69, 9.17) is 0 Å². The largest absolute Gasteiger partial charge is 0.314 e. The molecule has 0 radical (unpaired) electrons. The molecule has 0 aromatic rings. The summed E-state index contributed by atoms with van der Waals surface area (Å²) >= 11 is 0. The van der Waals surface area contributed by atoms with E-state index in [0.717, 1.165) is 18.5 Å². The minimum Gasteiger partial charge on any atom is -0.314 e. The molecular weight excluding hydrogens is 246 g/mol. The van der Waals surface area contributed by atoms with Crippen LogP contribution in [0.5, 0.6) is 0 Å². The van der Waals surface area contributed by atoms with Crippen molar-refractivity contribution in [3.63, 3.8) is 0 Å². The molecule has 1 heterocycles. The van der Waals surface area contributed by atoms with Gasteiger partial charge in [-0.3, -0.25) is 0 Å². The zero-order valence-corrected chi connectivity index (χ0v) is 14.5. The van der Waals surface area contributed by atoms with Crippen molar-refractivity contribution in [2.45, 2.75) is 65.0 Å². The van der Waals surface area contributed by atoms with Gasteiger partial charge in [0.15, 0.2) is 0 Å². The molecule has 3 atom stereocenters. The van der Waals surface area contributed by atoms with E-state index in [-0.39, 0.29) is 0 Å². The maximum absolute atomic E-state index is 3.80. The predicted molar refractivity (Wildman–Crippen MR) is 89.3 cm³/mol. The van der Waals surface area contributed by atoms with Crippen molar-refractivity contribution in [1.29, 1.82) is 0 Å². The number of nitrogens with one attached hydrogen (secondary N) is 1. The molecule has 0 aromatic carbocycles. The summed E-state index contributed by atoms with van der Waals surface area (Å²) in [5.74, 6) is 0.848. The van der Waals surface area contributed by atoms with E-state index in [1.54, 1.807) is 0 Å². The molecule has 0 aliphatic carbocycles. The van der Waals surface area contributed by atoms with Gasteiger partial charge in [-0.2, -0.15) is 0 Å². The molecular formula is C17H37N3. The lowest BCUT2D eigenvalue weighted by Gasteiger charge is -2.40. The van der Waals surface area contributed by atoms with Crippen LogP contribution in [0.25, 0.3) is 0 Å². The van der Waals surface area contributed by atoms with Crippen molar-refractivity contribution in [2.24, 2.45) is 5.92 Å². The fraction of sp³-hybridized carbons (Fsp3) is 1.00. The Labute approximate surface area is 127 Å². The predicted octanol–water partition coefficient (Wildman–Crippen LogP) is 2.82. The van der Waals surface area contributed by atoms with Gasteiger partial charge in [-0.05, 0) is 45.8 Å². The van der Waals surface area contributed by atoms with Gasteiger partial charge in [0.2, 0.25) is 0 Å². The topological polar surface area (TPSA) is 18.5 Å². The molecule has 3 unspecified atom stereocenters. The van der Waals surface area contributed by atoms with E-state index in [0.29, 0.717) is 6.04 Å². The van der Waals surface area contributed by atoms with Crippen LogP contribution >= 0.6 is 0 Å². The third-order valence-corrected chi connectivity index (χ3v) is 4.69. The molecule has 1 aliphatic heterocycles. The Morgan fingerprint density at radius 3 is 2.55 bits per heavy atom. The maximum Gasteiger partial charge on any atom is 0.0235 e. The zero-order valence-electron chi connectivity index (χ0n) is 14.5. The lowest BCUT2D eigenvalue weighted by molar-refractivity contribution is 0.0983. The lowest BCUT2D eigenvalue weighted by atomic mass is 9.92. The third-order valence-electron chi connectivity index (χ3n) is 4.69. The maximum atomic E-state index is 3.80. The van der Waals surface area contributed by atoms with Crippen LogP contribution in [-0.2, 0) is 0 Å². The molecule has 0 spiro atoms. The normalized spacial score (nSPS) is 24.8. The Balaban J connectivity index is 2.48. The van der Waals surface area contributed by atoms with Crippen LogP contribution in [0.15, 0.2) is 0 Å². The van der Waals surface area contributed by atoms with E-state index in [1.165, 1.54) is 51.7 Å². The molecule has 20 heavy (non-hydrogen) atoms. The van der Waals surface area contributed by atoms with Crippen molar-refractivity contribution in [3.8, 4) is 0 Å². The Morgan fingerprint density at radius 1 is 1.15 bits per heavy atom. The molecule has 1 fully saturated rings. The van der Waals surface area contributed by atoms with Crippen LogP contribution in [-0.4, -0.2) is 62.2 Å². The highest BCUT2D eigenvalue weighted by Gasteiger charge is 2.25. The van der Waals surface area contributed by atoms with Gasteiger partial charge in [0.05, 0.1) is 0 Å². The summed E-state index contributed by atoms with van der Waals surface area (Å²) in [6.07, 6.45) is 6.55. The van der Waals surface area contributed by atoms with Gasteiger partial charge in [-0.25, -0.2) is 0 Å². The third kappa shape index (κ3) is 6.55. The average Bonchev–Trinajstić information content (AvgIpc) is 2.40. The first-order chi connectivity index (χ1) is 9.56. The van der Waals surface area contributed by atoms with Crippen molar-refractivity contribution < 1.29 is 0 Å². The molecule has 0 saturated carbocycles. The summed E-state index contributed by atoms with van der Waals surface area (Å²) in [7, 11) is 4.55. The van der Waals surface area contributed by atoms with Crippen molar-refractivity contribution >= 4 is 0 Å². The van der Waals surface area contributed by atoms with Gasteiger partial charge < -0.3 is 15.1 Å². The van der Waals surface area contributed by atoms with E-state index in [9.17, 15) is 0 Å². The number of rotatable bonds is 9. The molecule has 1 aliphatic rings. The second-order valence-electron chi connectivity index (χ2n) is 6.91. The quantitative estimate of drug-likeness (QED) is 0.702. The van der Waals surface area contributed by atoms with E-state index in [1.807, 2.05) is 0 Å². The van der Waals surface area contributed by atoms with Gasteiger partial charge in [0, 0.05) is 31.7 Å². The van der Waals surface area contributed by atoms with Gasteiger partial charge in [0.25, 0.3) is 0 Å². The van der Waals surface area contributed by atoms with Crippen molar-refractivity contribution in [1.82, 2.24) is 15.1 Å². The van der Waals surface area contributed by atoms with Crippen LogP contribution < -0.4 is 5.32 Å². The smallest absolute Gasteiger partial charge is 0.0235 e. The van der Waals surface area contributed by atoms with Crippen LogP contribution in [0.1, 0.15) is 52.9 Å². The van der Waals surface area contributed by atoms with Gasteiger partial charge in [0.1, 0.15) is 0 Å². The van der Waals surface area contributed by atoms with E-state index < -0.39 is 0 Å². The minimum absolute atomic E-state index is 0.690. The summed E-state index contributed by atoms with van der Waals surface area (Å²) in [4.78, 5) is 5.04. The van der Waals surface area contributed by atoms with Gasteiger partial charge in [-0.1, -0.05) is 33.6 Å². The van der Waals surface area contributed by atoms with Gasteiger partial charge in [-0.15, -0.1) is 0 Å². The first-order valence-electron chi connectivity index (χ1n) is 8.68. The van der Waals surface area contributed by atoms with Crippen LogP contribution in [0, 0.1) is 5.92 Å². The molecule has 0 aromatic heterocycles. The number of likely N-dealkylation sites (N-methyl/N-ethyl adjacent to an activating group) is 2.